The number of benzene rings is 2. The fourth-order valence-electron chi connectivity index (χ4n) is 4.16. The summed E-state index contributed by atoms with van der Waals surface area (Å²) in [7, 11) is 1.99. The van der Waals surface area contributed by atoms with Crippen molar-refractivity contribution in [3.05, 3.63) is 53.6 Å². The second-order valence-electron chi connectivity index (χ2n) is 9.20. The summed E-state index contributed by atoms with van der Waals surface area (Å²) in [4.78, 5) is 42.7. The first-order chi connectivity index (χ1) is 16.8. The molecule has 0 N–H and O–H groups in total. The molecule has 0 aliphatic carbocycles. The largest absolute Gasteiger partial charge is 0.457 e. The highest BCUT2D eigenvalue weighted by molar-refractivity contribution is 5.88. The van der Waals surface area contributed by atoms with Gasteiger partial charge in [-0.05, 0) is 42.3 Å². The number of para-hydroxylation sites is 1. The third-order valence-corrected chi connectivity index (χ3v) is 6.18. The molecule has 0 radical (unpaired) electrons. The van der Waals surface area contributed by atoms with Crippen molar-refractivity contribution in [2.45, 2.75) is 46.5 Å². The number of nitrogens with zero attached hydrogens (tertiary/aromatic N) is 3. The molecule has 0 bridgehead atoms. The van der Waals surface area contributed by atoms with Gasteiger partial charge in [-0.15, -0.1) is 0 Å². The lowest BCUT2D eigenvalue weighted by Crippen LogP contribution is -2.48. The summed E-state index contributed by atoms with van der Waals surface area (Å²) >= 11 is 0. The quantitative estimate of drug-likeness (QED) is 0.657. The van der Waals surface area contributed by atoms with Gasteiger partial charge in [-0.1, -0.05) is 38.5 Å². The van der Waals surface area contributed by atoms with E-state index < -0.39 is 0 Å². The van der Waals surface area contributed by atoms with Crippen LogP contribution >= 0.6 is 0 Å². The normalized spacial score (nSPS) is 16.1. The Morgan fingerprint density at radius 2 is 1.66 bits per heavy atom. The first-order valence-corrected chi connectivity index (χ1v) is 12.5. The number of fused-ring (bicyclic) bond motifs is 1. The van der Waals surface area contributed by atoms with E-state index >= 15 is 0 Å². The molecule has 35 heavy (non-hydrogen) atoms. The van der Waals surface area contributed by atoms with Crippen LogP contribution in [0.3, 0.4) is 0 Å². The maximum atomic E-state index is 13.1. The summed E-state index contributed by atoms with van der Waals surface area (Å²) in [5.41, 5.74) is 2.91. The maximum Gasteiger partial charge on any atom is 0.242 e. The highest BCUT2D eigenvalue weighted by Crippen LogP contribution is 2.31. The van der Waals surface area contributed by atoms with Gasteiger partial charge >= 0.3 is 0 Å². The van der Waals surface area contributed by atoms with Gasteiger partial charge < -0.3 is 19.4 Å². The number of hydrogen-bond donors (Lipinski definition) is 0. The number of carbonyl (C=O) groups is 3. The summed E-state index contributed by atoms with van der Waals surface area (Å²) in [6, 6.07) is 13.6. The molecule has 2 aliphatic rings. The Morgan fingerprint density at radius 1 is 0.971 bits per heavy atom. The van der Waals surface area contributed by atoms with Gasteiger partial charge in [0.1, 0.15) is 17.3 Å². The van der Waals surface area contributed by atoms with Gasteiger partial charge in [0.15, 0.2) is 0 Å². The summed E-state index contributed by atoms with van der Waals surface area (Å²) in [5, 5.41) is 0. The number of likely N-dealkylation sites (tertiary alicyclic amines) is 1. The Balaban J connectivity index is 0.00000108. The zero-order chi connectivity index (χ0) is 25.4. The molecule has 188 valence electrons. The Labute approximate surface area is 208 Å². The molecule has 1 fully saturated rings. The molecule has 0 spiro atoms. The third kappa shape index (κ3) is 7.07. The van der Waals surface area contributed by atoms with Crippen LogP contribution in [-0.4, -0.2) is 67.2 Å². The topological polar surface area (TPSA) is 70.2 Å². The lowest BCUT2D eigenvalue weighted by molar-refractivity contribution is -0.141. The van der Waals surface area contributed by atoms with Crippen molar-refractivity contribution in [3.63, 3.8) is 0 Å². The maximum absolute atomic E-state index is 13.1. The van der Waals surface area contributed by atoms with E-state index in [1.807, 2.05) is 56.4 Å². The molecule has 1 saturated heterocycles. The van der Waals surface area contributed by atoms with Crippen LogP contribution in [0.25, 0.3) is 0 Å². The van der Waals surface area contributed by atoms with E-state index in [0.29, 0.717) is 44.8 Å². The van der Waals surface area contributed by atoms with Crippen LogP contribution in [0.15, 0.2) is 42.5 Å². The molecule has 0 saturated carbocycles. The van der Waals surface area contributed by atoms with E-state index in [4.69, 9.17) is 4.74 Å². The molecule has 2 aromatic carbocycles. The van der Waals surface area contributed by atoms with Gasteiger partial charge in [0.2, 0.25) is 11.8 Å². The molecule has 7 nitrogen and oxygen atoms in total. The number of aryl methyl sites for hydroxylation is 1. The predicted molar refractivity (Wildman–Crippen MR) is 138 cm³/mol. The van der Waals surface area contributed by atoms with Crippen LogP contribution < -0.4 is 9.64 Å². The second kappa shape index (κ2) is 12.4. The number of amides is 2. The zero-order valence-electron chi connectivity index (χ0n) is 21.4. The van der Waals surface area contributed by atoms with E-state index in [1.54, 1.807) is 9.80 Å². The van der Waals surface area contributed by atoms with Crippen molar-refractivity contribution in [2.24, 2.45) is 0 Å². The number of anilines is 1. The number of piperidine rings is 1. The molecule has 0 aromatic heterocycles. The van der Waals surface area contributed by atoms with Gasteiger partial charge in [0.05, 0.1) is 13.0 Å². The lowest BCUT2D eigenvalue weighted by Gasteiger charge is -2.33. The molecule has 2 aromatic rings. The molecule has 0 atom stereocenters. The van der Waals surface area contributed by atoms with Gasteiger partial charge in [0, 0.05) is 51.8 Å². The lowest BCUT2D eigenvalue weighted by atomic mass is 10.1. The van der Waals surface area contributed by atoms with Crippen LogP contribution in [-0.2, 0) is 20.8 Å². The Hall–Kier alpha value is -3.35. The van der Waals surface area contributed by atoms with E-state index in [0.717, 1.165) is 22.6 Å². The smallest absolute Gasteiger partial charge is 0.242 e. The number of carbonyl (C=O) groups excluding carboxylic acids is 3. The van der Waals surface area contributed by atoms with Crippen LogP contribution in [0.2, 0.25) is 0 Å². The number of ether oxygens (including phenoxy) is 1. The minimum atomic E-state index is -0.0917. The Morgan fingerprint density at radius 3 is 2.34 bits per heavy atom. The molecule has 0 unspecified atom stereocenters. The molecular weight excluding hydrogens is 442 g/mol. The van der Waals surface area contributed by atoms with Crippen LogP contribution in [0.5, 0.6) is 11.5 Å². The number of Topliss-reactive ketones (excluding diaryl/α,β-unsaturated/α-hetero) is 1. The number of likely N-dealkylation sites (N-methyl/N-ethyl adjacent to an activating group) is 1. The van der Waals surface area contributed by atoms with Gasteiger partial charge in [-0.3, -0.25) is 14.4 Å². The summed E-state index contributed by atoms with van der Waals surface area (Å²) in [6.45, 7) is 8.30. The average molecular weight is 480 g/mol. The van der Waals surface area contributed by atoms with Crippen molar-refractivity contribution in [1.29, 1.82) is 0 Å². The standard InChI is InChI=1S/C25H29N3O4.C3H8/c1-18-5-3-4-6-23(18)32-21-7-8-22-19(15-21)16-24(30)28(14-13-26(22)2)17-25(31)27-11-9-20(29)10-12-27;1-3-2/h3-8,15H,9-14,16-17H2,1-2H3;3H2,1-2H3. The average Bonchev–Trinajstić information content (AvgIpc) is 2.83. The Kier molecular flexibility index (Phi) is 9.29. The first-order valence-electron chi connectivity index (χ1n) is 12.5. The van der Waals surface area contributed by atoms with Crippen molar-refractivity contribution in [3.8, 4) is 11.5 Å². The predicted octanol–water partition coefficient (Wildman–Crippen LogP) is 4.22. The van der Waals surface area contributed by atoms with Crippen LogP contribution in [0.1, 0.15) is 44.2 Å². The Bertz CT molecular complexity index is 1040. The molecule has 2 heterocycles. The number of ketones is 1. The fraction of sp³-hybridized carbons (Fsp3) is 0.464. The van der Waals surface area contributed by atoms with E-state index in [9.17, 15) is 14.4 Å². The van der Waals surface area contributed by atoms with E-state index in [-0.39, 0.29) is 30.6 Å². The van der Waals surface area contributed by atoms with Gasteiger partial charge in [0.25, 0.3) is 0 Å². The van der Waals surface area contributed by atoms with Crippen molar-refractivity contribution in [1.82, 2.24) is 9.80 Å². The third-order valence-electron chi connectivity index (χ3n) is 6.18. The van der Waals surface area contributed by atoms with Crippen molar-refractivity contribution >= 4 is 23.3 Å². The summed E-state index contributed by atoms with van der Waals surface area (Å²) < 4.78 is 6.07. The zero-order valence-corrected chi connectivity index (χ0v) is 21.4. The van der Waals surface area contributed by atoms with E-state index in [1.165, 1.54) is 6.42 Å². The molecule has 4 rings (SSSR count). The molecule has 7 heteroatoms. The minimum Gasteiger partial charge on any atom is -0.457 e. The SMILES string of the molecule is CCC.Cc1ccccc1Oc1ccc2c(c1)CC(=O)N(CC(=O)N1CCC(=O)CC1)CCN2C. The molecule has 2 amide bonds. The second-order valence-corrected chi connectivity index (χ2v) is 9.20. The van der Waals surface area contributed by atoms with Crippen LogP contribution in [0, 0.1) is 6.92 Å². The molecule has 2 aliphatic heterocycles. The number of rotatable bonds is 4. The van der Waals surface area contributed by atoms with E-state index in [2.05, 4.69) is 18.7 Å². The highest BCUT2D eigenvalue weighted by atomic mass is 16.5. The summed E-state index contributed by atoms with van der Waals surface area (Å²) in [6.07, 6.45) is 2.26. The van der Waals surface area contributed by atoms with Crippen molar-refractivity contribution in [2.75, 3.05) is 44.7 Å². The monoisotopic (exact) mass is 479 g/mol. The van der Waals surface area contributed by atoms with Crippen LogP contribution in [0.4, 0.5) is 5.69 Å². The van der Waals surface area contributed by atoms with Crippen molar-refractivity contribution < 1.29 is 19.1 Å². The van der Waals surface area contributed by atoms with Gasteiger partial charge in [-0.2, -0.15) is 0 Å². The highest BCUT2D eigenvalue weighted by Gasteiger charge is 2.27. The number of hydrogen-bond acceptors (Lipinski definition) is 5. The molecular formula is C28H37N3O4. The minimum absolute atomic E-state index is 0.0512. The van der Waals surface area contributed by atoms with Gasteiger partial charge in [-0.25, -0.2) is 0 Å². The fourth-order valence-corrected chi connectivity index (χ4v) is 4.16. The first kappa shape index (κ1) is 26.3. The summed E-state index contributed by atoms with van der Waals surface area (Å²) in [5.74, 6) is 1.49.